The number of halogens is 1. The number of aryl methyl sites for hydroxylation is 1. The maximum atomic E-state index is 12.9. The summed E-state index contributed by atoms with van der Waals surface area (Å²) in [6.07, 6.45) is 3.51. The number of nitrogens with zero attached hydrogens (tertiary/aromatic N) is 4. The lowest BCUT2D eigenvalue weighted by atomic mass is 10.2. The van der Waals surface area contributed by atoms with Crippen molar-refractivity contribution in [3.63, 3.8) is 0 Å². The molecule has 6 nitrogen and oxygen atoms in total. The Labute approximate surface area is 132 Å². The van der Waals surface area contributed by atoms with Crippen LogP contribution in [0.2, 0.25) is 0 Å². The zero-order chi connectivity index (χ0) is 16.2. The summed E-state index contributed by atoms with van der Waals surface area (Å²) < 4.78 is 16.2. The van der Waals surface area contributed by atoms with Gasteiger partial charge in [0.15, 0.2) is 11.5 Å². The van der Waals surface area contributed by atoms with E-state index >= 15 is 0 Å². The molecule has 23 heavy (non-hydrogen) atoms. The van der Waals surface area contributed by atoms with E-state index in [4.69, 9.17) is 0 Å². The quantitative estimate of drug-likeness (QED) is 0.787. The van der Waals surface area contributed by atoms with Crippen molar-refractivity contribution in [1.82, 2.24) is 19.6 Å². The van der Waals surface area contributed by atoms with Gasteiger partial charge in [0.05, 0.1) is 6.54 Å². The van der Waals surface area contributed by atoms with Gasteiger partial charge in [0.1, 0.15) is 5.82 Å². The summed E-state index contributed by atoms with van der Waals surface area (Å²) in [5, 5.41) is 11.1. The molecule has 118 valence electrons. The topological polar surface area (TPSA) is 64.7 Å². The minimum Gasteiger partial charge on any atom is -0.304 e. The van der Waals surface area contributed by atoms with Crippen molar-refractivity contribution >= 4 is 11.7 Å². The zero-order valence-electron chi connectivity index (χ0n) is 12.6. The number of benzene rings is 1. The van der Waals surface area contributed by atoms with Crippen LogP contribution < -0.4 is 5.32 Å². The van der Waals surface area contributed by atoms with Crippen molar-refractivity contribution in [2.75, 3.05) is 5.32 Å². The SMILES string of the molecule is CCn1ccc(C(=O)Nc2ccn(Cc3ccc(F)cc3)n2)n1. The highest BCUT2D eigenvalue weighted by atomic mass is 19.1. The van der Waals surface area contributed by atoms with E-state index in [1.165, 1.54) is 12.1 Å². The zero-order valence-corrected chi connectivity index (χ0v) is 12.6. The van der Waals surface area contributed by atoms with Crippen LogP contribution in [-0.4, -0.2) is 25.5 Å². The third-order valence-corrected chi connectivity index (χ3v) is 3.34. The number of nitrogens with one attached hydrogen (secondary N) is 1. The van der Waals surface area contributed by atoms with E-state index in [9.17, 15) is 9.18 Å². The molecule has 0 fully saturated rings. The van der Waals surface area contributed by atoms with Crippen LogP contribution in [-0.2, 0) is 13.1 Å². The molecule has 7 heteroatoms. The van der Waals surface area contributed by atoms with Crippen LogP contribution >= 0.6 is 0 Å². The van der Waals surface area contributed by atoms with Crippen molar-refractivity contribution in [3.05, 3.63) is 65.9 Å². The Morgan fingerprint density at radius 1 is 1.09 bits per heavy atom. The first-order valence-electron chi connectivity index (χ1n) is 7.27. The minimum atomic E-state index is -0.302. The largest absolute Gasteiger partial charge is 0.304 e. The van der Waals surface area contributed by atoms with Gasteiger partial charge in [0, 0.05) is 25.0 Å². The van der Waals surface area contributed by atoms with E-state index in [0.717, 1.165) is 5.56 Å². The van der Waals surface area contributed by atoms with Gasteiger partial charge in [0.2, 0.25) is 0 Å². The van der Waals surface area contributed by atoms with Crippen LogP contribution in [0.4, 0.5) is 10.2 Å². The molecule has 0 unspecified atom stereocenters. The average molecular weight is 313 g/mol. The summed E-state index contributed by atoms with van der Waals surface area (Å²) in [6, 6.07) is 9.59. The van der Waals surface area contributed by atoms with Gasteiger partial charge in [-0.25, -0.2) is 4.39 Å². The molecule has 1 N–H and O–H groups in total. The van der Waals surface area contributed by atoms with Gasteiger partial charge >= 0.3 is 0 Å². The van der Waals surface area contributed by atoms with E-state index in [-0.39, 0.29) is 11.7 Å². The lowest BCUT2D eigenvalue weighted by molar-refractivity contribution is 0.102. The fraction of sp³-hybridized carbons (Fsp3) is 0.188. The smallest absolute Gasteiger partial charge is 0.277 e. The highest BCUT2D eigenvalue weighted by Crippen LogP contribution is 2.09. The average Bonchev–Trinajstić information content (AvgIpc) is 3.19. The Morgan fingerprint density at radius 2 is 1.83 bits per heavy atom. The highest BCUT2D eigenvalue weighted by Gasteiger charge is 2.11. The number of hydrogen-bond donors (Lipinski definition) is 1. The number of anilines is 1. The number of carbonyl (C=O) groups is 1. The normalized spacial score (nSPS) is 10.7. The first-order valence-corrected chi connectivity index (χ1v) is 7.27. The molecule has 1 amide bonds. The summed E-state index contributed by atoms with van der Waals surface area (Å²) in [4.78, 5) is 12.1. The van der Waals surface area contributed by atoms with Gasteiger partial charge in [-0.3, -0.25) is 14.2 Å². The summed E-state index contributed by atoms with van der Waals surface area (Å²) in [5.74, 6) is -0.124. The summed E-state index contributed by atoms with van der Waals surface area (Å²) >= 11 is 0. The molecule has 3 aromatic rings. The fourth-order valence-electron chi connectivity index (χ4n) is 2.13. The molecule has 0 atom stereocenters. The van der Waals surface area contributed by atoms with Crippen LogP contribution in [0.3, 0.4) is 0 Å². The van der Waals surface area contributed by atoms with Gasteiger partial charge in [-0.2, -0.15) is 10.2 Å². The van der Waals surface area contributed by atoms with E-state index in [2.05, 4.69) is 15.5 Å². The van der Waals surface area contributed by atoms with E-state index in [0.29, 0.717) is 24.6 Å². The number of hydrogen-bond acceptors (Lipinski definition) is 3. The monoisotopic (exact) mass is 313 g/mol. The molecule has 3 rings (SSSR count). The molecule has 1 aromatic carbocycles. The third kappa shape index (κ3) is 3.63. The number of rotatable bonds is 5. The van der Waals surface area contributed by atoms with Gasteiger partial charge in [0.25, 0.3) is 5.91 Å². The maximum absolute atomic E-state index is 12.9. The Bertz CT molecular complexity index is 806. The summed E-state index contributed by atoms with van der Waals surface area (Å²) in [6.45, 7) is 3.16. The first-order chi connectivity index (χ1) is 11.1. The number of carbonyl (C=O) groups excluding carboxylic acids is 1. The highest BCUT2D eigenvalue weighted by molar-refractivity contribution is 6.02. The van der Waals surface area contributed by atoms with Crippen molar-refractivity contribution in [2.24, 2.45) is 0 Å². The molecule has 0 saturated carbocycles. The van der Waals surface area contributed by atoms with Crippen LogP contribution in [0, 0.1) is 5.82 Å². The second-order valence-corrected chi connectivity index (χ2v) is 5.04. The Balaban J connectivity index is 1.64. The molecule has 2 heterocycles. The fourth-order valence-corrected chi connectivity index (χ4v) is 2.13. The Kier molecular flexibility index (Phi) is 4.18. The molecule has 0 aliphatic rings. The molecule has 0 spiro atoms. The molecular weight excluding hydrogens is 297 g/mol. The predicted molar refractivity (Wildman–Crippen MR) is 83.6 cm³/mol. The Morgan fingerprint density at radius 3 is 2.52 bits per heavy atom. The minimum absolute atomic E-state index is 0.270. The molecular formula is C16H16FN5O. The summed E-state index contributed by atoms with van der Waals surface area (Å²) in [5.41, 5.74) is 1.27. The van der Waals surface area contributed by atoms with E-state index < -0.39 is 0 Å². The van der Waals surface area contributed by atoms with Crippen LogP contribution in [0.1, 0.15) is 23.0 Å². The van der Waals surface area contributed by atoms with Crippen LogP contribution in [0.5, 0.6) is 0 Å². The second-order valence-electron chi connectivity index (χ2n) is 5.04. The number of amides is 1. The lowest BCUT2D eigenvalue weighted by Gasteiger charge is -2.02. The second kappa shape index (κ2) is 6.43. The molecule has 0 bridgehead atoms. The predicted octanol–water partition coefficient (Wildman–Crippen LogP) is 2.54. The van der Waals surface area contributed by atoms with Gasteiger partial charge in [-0.1, -0.05) is 12.1 Å². The summed E-state index contributed by atoms with van der Waals surface area (Å²) in [7, 11) is 0. The third-order valence-electron chi connectivity index (χ3n) is 3.34. The van der Waals surface area contributed by atoms with Gasteiger partial charge in [-0.05, 0) is 30.7 Å². The van der Waals surface area contributed by atoms with Crippen molar-refractivity contribution in [1.29, 1.82) is 0 Å². The molecule has 2 aromatic heterocycles. The van der Waals surface area contributed by atoms with Crippen LogP contribution in [0.25, 0.3) is 0 Å². The van der Waals surface area contributed by atoms with Gasteiger partial charge < -0.3 is 5.32 Å². The van der Waals surface area contributed by atoms with Crippen molar-refractivity contribution in [3.8, 4) is 0 Å². The maximum Gasteiger partial charge on any atom is 0.277 e. The van der Waals surface area contributed by atoms with Crippen LogP contribution in [0.15, 0.2) is 48.8 Å². The van der Waals surface area contributed by atoms with Crippen molar-refractivity contribution < 1.29 is 9.18 Å². The first kappa shape index (κ1) is 15.0. The molecule has 0 radical (unpaired) electrons. The van der Waals surface area contributed by atoms with E-state index in [1.54, 1.807) is 46.0 Å². The number of aromatic nitrogens is 4. The molecule has 0 saturated heterocycles. The molecule has 0 aliphatic carbocycles. The molecule has 0 aliphatic heterocycles. The standard InChI is InChI=1S/C16H16FN5O/c1-2-21-9-7-14(19-21)16(23)18-15-8-10-22(20-15)11-12-3-5-13(17)6-4-12/h3-10H,2,11H2,1H3,(H,18,20,23). The van der Waals surface area contributed by atoms with Gasteiger partial charge in [-0.15, -0.1) is 0 Å². The van der Waals surface area contributed by atoms with Crippen molar-refractivity contribution in [2.45, 2.75) is 20.0 Å². The Hall–Kier alpha value is -2.96. The lowest BCUT2D eigenvalue weighted by Crippen LogP contribution is -2.14. The van der Waals surface area contributed by atoms with E-state index in [1.807, 2.05) is 6.92 Å².